The molecule has 0 fully saturated rings. The van der Waals surface area contributed by atoms with Crippen LogP contribution in [-0.2, 0) is 9.59 Å². The molecule has 0 aliphatic heterocycles. The fraction of sp³-hybridized carbons (Fsp3) is 0.467. The number of benzene rings is 1. The maximum Gasteiger partial charge on any atom is 0.313 e. The van der Waals surface area contributed by atoms with Gasteiger partial charge in [-0.15, -0.1) is 0 Å². The summed E-state index contributed by atoms with van der Waals surface area (Å²) >= 11 is 0. The highest BCUT2D eigenvalue weighted by Crippen LogP contribution is 2.18. The molecular formula is C15H21FN2O3. The summed E-state index contributed by atoms with van der Waals surface area (Å²) in [5.41, 5.74) is -0.896. The van der Waals surface area contributed by atoms with E-state index in [2.05, 4.69) is 10.6 Å². The Morgan fingerprint density at radius 3 is 2.62 bits per heavy atom. The lowest BCUT2D eigenvalue weighted by atomic mass is 9.89. The van der Waals surface area contributed by atoms with Crippen molar-refractivity contribution in [3.8, 4) is 0 Å². The fourth-order valence-corrected chi connectivity index (χ4v) is 1.71. The molecule has 0 heterocycles. The first-order valence-electron chi connectivity index (χ1n) is 6.83. The van der Waals surface area contributed by atoms with Gasteiger partial charge in [0, 0.05) is 12.2 Å². The molecule has 0 saturated carbocycles. The lowest BCUT2D eigenvalue weighted by molar-refractivity contribution is -0.137. The summed E-state index contributed by atoms with van der Waals surface area (Å²) in [4.78, 5) is 23.3. The van der Waals surface area contributed by atoms with Gasteiger partial charge in [0.25, 0.3) is 0 Å². The summed E-state index contributed by atoms with van der Waals surface area (Å²) in [5, 5.41) is 14.8. The SMILES string of the molecule is CC[C@@H](C)[C@@](C)(O)CNC(=O)C(=O)Nc1cccc(F)c1. The lowest BCUT2D eigenvalue weighted by Crippen LogP contribution is -2.47. The first-order valence-corrected chi connectivity index (χ1v) is 6.83. The molecular weight excluding hydrogens is 275 g/mol. The number of anilines is 1. The first kappa shape index (κ1) is 17.1. The molecule has 0 unspecified atom stereocenters. The highest BCUT2D eigenvalue weighted by atomic mass is 19.1. The van der Waals surface area contributed by atoms with Crippen molar-refractivity contribution < 1.29 is 19.1 Å². The molecule has 21 heavy (non-hydrogen) atoms. The Morgan fingerprint density at radius 1 is 1.38 bits per heavy atom. The van der Waals surface area contributed by atoms with E-state index in [1.54, 1.807) is 6.92 Å². The average molecular weight is 296 g/mol. The Morgan fingerprint density at radius 2 is 2.05 bits per heavy atom. The molecule has 116 valence electrons. The Bertz CT molecular complexity index is 517. The van der Waals surface area contributed by atoms with Crippen molar-refractivity contribution in [1.29, 1.82) is 0 Å². The van der Waals surface area contributed by atoms with E-state index in [0.717, 1.165) is 12.5 Å². The van der Waals surface area contributed by atoms with E-state index in [9.17, 15) is 19.1 Å². The monoisotopic (exact) mass is 296 g/mol. The lowest BCUT2D eigenvalue weighted by Gasteiger charge is -2.29. The quantitative estimate of drug-likeness (QED) is 0.723. The zero-order chi connectivity index (χ0) is 16.0. The van der Waals surface area contributed by atoms with E-state index in [1.807, 2.05) is 13.8 Å². The third kappa shape index (κ3) is 5.15. The topological polar surface area (TPSA) is 78.4 Å². The fourth-order valence-electron chi connectivity index (χ4n) is 1.71. The Kier molecular flexibility index (Phi) is 5.84. The molecule has 0 spiro atoms. The van der Waals surface area contributed by atoms with Crippen LogP contribution < -0.4 is 10.6 Å². The molecule has 0 aliphatic carbocycles. The van der Waals surface area contributed by atoms with E-state index < -0.39 is 23.2 Å². The van der Waals surface area contributed by atoms with E-state index >= 15 is 0 Å². The molecule has 3 N–H and O–H groups in total. The van der Waals surface area contributed by atoms with Gasteiger partial charge in [0.05, 0.1) is 5.60 Å². The number of rotatable bonds is 5. The maximum absolute atomic E-state index is 13.0. The number of hydrogen-bond donors (Lipinski definition) is 3. The van der Waals surface area contributed by atoms with Gasteiger partial charge >= 0.3 is 11.8 Å². The van der Waals surface area contributed by atoms with Gasteiger partial charge in [-0.05, 0) is 31.0 Å². The second-order valence-corrected chi connectivity index (χ2v) is 5.31. The van der Waals surface area contributed by atoms with Gasteiger partial charge in [-0.1, -0.05) is 26.3 Å². The predicted molar refractivity (Wildman–Crippen MR) is 78.1 cm³/mol. The summed E-state index contributed by atoms with van der Waals surface area (Å²) < 4.78 is 13.0. The minimum absolute atomic E-state index is 0.0240. The number of aliphatic hydroxyl groups is 1. The van der Waals surface area contributed by atoms with Gasteiger partial charge < -0.3 is 15.7 Å². The van der Waals surface area contributed by atoms with Crippen LogP contribution in [0.25, 0.3) is 0 Å². The Hall–Kier alpha value is -1.95. The molecule has 0 aliphatic rings. The predicted octanol–water partition coefficient (Wildman–Crippen LogP) is 1.68. The zero-order valence-corrected chi connectivity index (χ0v) is 12.4. The van der Waals surface area contributed by atoms with Crippen LogP contribution in [0.5, 0.6) is 0 Å². The Labute approximate surface area is 123 Å². The van der Waals surface area contributed by atoms with Crippen LogP contribution in [0.3, 0.4) is 0 Å². The van der Waals surface area contributed by atoms with Gasteiger partial charge in [-0.3, -0.25) is 9.59 Å². The number of amides is 2. The Balaban J connectivity index is 2.54. The van der Waals surface area contributed by atoms with Crippen molar-refractivity contribution in [3.63, 3.8) is 0 Å². The maximum atomic E-state index is 13.0. The molecule has 0 radical (unpaired) electrons. The third-order valence-electron chi connectivity index (χ3n) is 3.57. The minimum Gasteiger partial charge on any atom is -0.388 e. The zero-order valence-electron chi connectivity index (χ0n) is 12.4. The molecule has 0 aromatic heterocycles. The standard InChI is InChI=1S/C15H21FN2O3/c1-4-10(2)15(3,21)9-17-13(19)14(20)18-12-7-5-6-11(16)8-12/h5-8,10,21H,4,9H2,1-3H3,(H,17,19)(H,18,20)/t10-,15+/m1/s1. The number of carbonyl (C=O) groups excluding carboxylic acids is 2. The van der Waals surface area contributed by atoms with E-state index in [4.69, 9.17) is 0 Å². The second-order valence-electron chi connectivity index (χ2n) is 5.31. The number of hydrogen-bond acceptors (Lipinski definition) is 3. The van der Waals surface area contributed by atoms with Crippen LogP contribution in [0.4, 0.5) is 10.1 Å². The van der Waals surface area contributed by atoms with Crippen molar-refractivity contribution in [1.82, 2.24) is 5.32 Å². The molecule has 0 saturated heterocycles. The van der Waals surface area contributed by atoms with Gasteiger partial charge in [0.1, 0.15) is 5.82 Å². The normalized spacial score (nSPS) is 14.9. The van der Waals surface area contributed by atoms with Crippen molar-refractivity contribution in [3.05, 3.63) is 30.1 Å². The molecule has 2 amide bonds. The average Bonchev–Trinajstić information content (AvgIpc) is 2.43. The highest BCUT2D eigenvalue weighted by molar-refractivity contribution is 6.39. The van der Waals surface area contributed by atoms with Crippen LogP contribution in [0, 0.1) is 11.7 Å². The summed E-state index contributed by atoms with van der Waals surface area (Å²) in [6, 6.07) is 5.25. The van der Waals surface area contributed by atoms with Crippen LogP contribution in [0.15, 0.2) is 24.3 Å². The van der Waals surface area contributed by atoms with Crippen molar-refractivity contribution in [2.45, 2.75) is 32.8 Å². The largest absolute Gasteiger partial charge is 0.388 e. The van der Waals surface area contributed by atoms with E-state index in [-0.39, 0.29) is 18.2 Å². The molecule has 6 heteroatoms. The highest BCUT2D eigenvalue weighted by Gasteiger charge is 2.28. The van der Waals surface area contributed by atoms with E-state index in [0.29, 0.717) is 0 Å². The number of nitrogens with one attached hydrogen (secondary N) is 2. The summed E-state index contributed by atoms with van der Waals surface area (Å²) in [7, 11) is 0. The molecule has 1 rings (SSSR count). The minimum atomic E-state index is -1.09. The van der Waals surface area contributed by atoms with Gasteiger partial charge in [0.15, 0.2) is 0 Å². The van der Waals surface area contributed by atoms with Crippen molar-refractivity contribution in [2.75, 3.05) is 11.9 Å². The van der Waals surface area contributed by atoms with Crippen LogP contribution in [0.2, 0.25) is 0 Å². The van der Waals surface area contributed by atoms with E-state index in [1.165, 1.54) is 18.2 Å². The van der Waals surface area contributed by atoms with Crippen LogP contribution in [0.1, 0.15) is 27.2 Å². The smallest absolute Gasteiger partial charge is 0.313 e. The summed E-state index contributed by atoms with van der Waals surface area (Å²) in [6.07, 6.45) is 0.748. The van der Waals surface area contributed by atoms with Crippen molar-refractivity contribution >= 4 is 17.5 Å². The second kappa shape index (κ2) is 7.17. The van der Waals surface area contributed by atoms with Crippen molar-refractivity contribution in [2.24, 2.45) is 5.92 Å². The molecule has 1 aromatic rings. The molecule has 5 nitrogen and oxygen atoms in total. The van der Waals surface area contributed by atoms with Crippen LogP contribution >= 0.6 is 0 Å². The van der Waals surface area contributed by atoms with Crippen LogP contribution in [-0.4, -0.2) is 29.1 Å². The molecule has 0 bridgehead atoms. The molecule has 2 atom stereocenters. The van der Waals surface area contributed by atoms with Gasteiger partial charge in [0.2, 0.25) is 0 Å². The first-order chi connectivity index (χ1) is 9.76. The number of carbonyl (C=O) groups is 2. The summed E-state index contributed by atoms with van der Waals surface area (Å²) in [6.45, 7) is 5.36. The molecule has 1 aromatic carbocycles. The van der Waals surface area contributed by atoms with Gasteiger partial charge in [-0.2, -0.15) is 0 Å². The summed E-state index contributed by atoms with van der Waals surface area (Å²) in [5.74, 6) is -2.31. The third-order valence-corrected chi connectivity index (χ3v) is 3.57. The number of halogens is 1. The van der Waals surface area contributed by atoms with Gasteiger partial charge in [-0.25, -0.2) is 4.39 Å².